The molecule has 3 aromatic carbocycles. The van der Waals surface area contributed by atoms with Crippen LogP contribution in [0.2, 0.25) is 0 Å². The van der Waals surface area contributed by atoms with Crippen molar-refractivity contribution in [1.82, 2.24) is 0 Å². The number of rotatable bonds is 5. The minimum absolute atomic E-state index is 0.277. The smallest absolute Gasteiger partial charge is 0.363 e. The Morgan fingerprint density at radius 3 is 2.48 bits per heavy atom. The molecule has 0 aromatic heterocycles. The van der Waals surface area contributed by atoms with Gasteiger partial charge in [0.2, 0.25) is 5.90 Å². The molecule has 0 amide bonds. The number of hydrogen-bond donors (Lipinski definition) is 0. The van der Waals surface area contributed by atoms with Crippen LogP contribution in [-0.4, -0.2) is 18.5 Å². The minimum Gasteiger partial charge on any atom is -0.487 e. The Balaban J connectivity index is 1.66. The van der Waals surface area contributed by atoms with E-state index in [1.54, 1.807) is 12.2 Å². The number of benzene rings is 3. The van der Waals surface area contributed by atoms with Gasteiger partial charge >= 0.3 is 5.97 Å². The summed E-state index contributed by atoms with van der Waals surface area (Å²) in [7, 11) is 0. The van der Waals surface area contributed by atoms with Crippen molar-refractivity contribution in [3.63, 3.8) is 0 Å². The van der Waals surface area contributed by atoms with Crippen molar-refractivity contribution in [2.75, 3.05) is 6.61 Å². The number of carbonyl (C=O) groups excluding carboxylic acids is 1. The van der Waals surface area contributed by atoms with E-state index in [1.165, 1.54) is 0 Å². The summed E-state index contributed by atoms with van der Waals surface area (Å²) in [5.74, 6) is 0.676. The Morgan fingerprint density at radius 2 is 1.76 bits per heavy atom. The summed E-state index contributed by atoms with van der Waals surface area (Å²) in [6, 6.07) is 17.8. The van der Waals surface area contributed by atoms with Gasteiger partial charge < -0.3 is 9.47 Å². The first kappa shape index (κ1) is 20.1. The van der Waals surface area contributed by atoms with E-state index in [0.29, 0.717) is 12.5 Å². The average molecular weight is 607 g/mol. The molecule has 0 fully saturated rings. The van der Waals surface area contributed by atoms with Gasteiger partial charge in [-0.15, -0.1) is 0 Å². The topological polar surface area (TPSA) is 47.9 Å². The fourth-order valence-corrected chi connectivity index (χ4v) is 5.08. The summed E-state index contributed by atoms with van der Waals surface area (Å²) in [6.45, 7) is 4.12. The second-order valence-electron chi connectivity index (χ2n) is 6.31. The molecule has 0 aliphatic carbocycles. The predicted octanol–water partition coefficient (Wildman–Crippen LogP) is 5.96. The summed E-state index contributed by atoms with van der Waals surface area (Å²) in [5, 5.41) is 2.19. The van der Waals surface area contributed by atoms with Crippen molar-refractivity contribution >= 4 is 73.9 Å². The number of aliphatic imine (C=N–C) groups is 1. The van der Waals surface area contributed by atoms with E-state index in [2.05, 4.69) is 56.8 Å². The molecular weight excluding hydrogens is 592 g/mol. The zero-order chi connectivity index (χ0) is 20.4. The molecule has 0 bridgehead atoms. The fraction of sp³-hybridized carbons (Fsp3) is 0.0435. The maximum Gasteiger partial charge on any atom is 0.363 e. The first-order valence-electron chi connectivity index (χ1n) is 8.79. The highest BCUT2D eigenvalue weighted by Crippen LogP contribution is 2.30. The van der Waals surface area contributed by atoms with Crippen LogP contribution < -0.4 is 4.74 Å². The molecule has 0 radical (unpaired) electrons. The van der Waals surface area contributed by atoms with E-state index in [1.807, 2.05) is 54.6 Å². The fourth-order valence-electron chi connectivity index (χ4n) is 2.96. The number of carbonyl (C=O) groups is 1. The lowest BCUT2D eigenvalue weighted by Gasteiger charge is -2.09. The maximum atomic E-state index is 12.4. The number of halogens is 2. The van der Waals surface area contributed by atoms with E-state index in [0.717, 1.165) is 34.8 Å². The number of nitrogens with zero attached hydrogens (tertiary/aromatic N) is 1. The molecule has 1 aliphatic heterocycles. The molecule has 0 saturated heterocycles. The lowest BCUT2D eigenvalue weighted by molar-refractivity contribution is -0.129. The van der Waals surface area contributed by atoms with Gasteiger partial charge in [0.05, 0.1) is 7.14 Å². The summed E-state index contributed by atoms with van der Waals surface area (Å²) in [5.41, 5.74) is 1.91. The molecule has 0 atom stereocenters. The maximum absolute atomic E-state index is 12.4. The lowest BCUT2D eigenvalue weighted by Crippen LogP contribution is -2.05. The molecule has 4 rings (SSSR count). The van der Waals surface area contributed by atoms with Crippen LogP contribution in [0, 0.1) is 7.14 Å². The number of fused-ring (bicyclic) bond motifs is 1. The highest BCUT2D eigenvalue weighted by Gasteiger charge is 2.24. The van der Waals surface area contributed by atoms with Crippen LogP contribution in [0.1, 0.15) is 11.1 Å². The van der Waals surface area contributed by atoms with Crippen LogP contribution in [0.5, 0.6) is 5.75 Å². The van der Waals surface area contributed by atoms with Crippen molar-refractivity contribution in [1.29, 1.82) is 0 Å². The largest absolute Gasteiger partial charge is 0.487 e. The number of cyclic esters (lactones) is 1. The van der Waals surface area contributed by atoms with Crippen LogP contribution in [0.3, 0.4) is 0 Å². The Labute approximate surface area is 195 Å². The standard InChI is InChI=1S/C23H15I2NO3/c1-2-9-28-21-18(24)10-14(11-19(21)25)12-20-23(27)29-22(26-20)17-8-7-15-5-3-4-6-16(15)13-17/h2-8,10-13H,1,9H2/b20-12-. The van der Waals surface area contributed by atoms with Gasteiger partial charge in [-0.25, -0.2) is 9.79 Å². The first-order valence-corrected chi connectivity index (χ1v) is 11.0. The second kappa shape index (κ2) is 8.66. The SMILES string of the molecule is C=CCOc1c(I)cc(/C=C2\N=C(c3ccc4ccccc4c3)OC2=O)cc1I. The van der Waals surface area contributed by atoms with Crippen molar-refractivity contribution in [2.45, 2.75) is 0 Å². The van der Waals surface area contributed by atoms with Crippen LogP contribution in [0.25, 0.3) is 16.8 Å². The number of esters is 1. The Morgan fingerprint density at radius 1 is 1.03 bits per heavy atom. The minimum atomic E-state index is -0.454. The predicted molar refractivity (Wildman–Crippen MR) is 132 cm³/mol. The van der Waals surface area contributed by atoms with Crippen LogP contribution in [0.15, 0.2) is 77.9 Å². The van der Waals surface area contributed by atoms with E-state index >= 15 is 0 Å². The van der Waals surface area contributed by atoms with Crippen molar-refractivity contribution in [3.05, 3.63) is 91.2 Å². The Bertz CT molecular complexity index is 1170. The van der Waals surface area contributed by atoms with Gasteiger partial charge in [-0.1, -0.05) is 43.0 Å². The molecule has 4 nitrogen and oxygen atoms in total. The van der Waals surface area contributed by atoms with Crippen LogP contribution in [0.4, 0.5) is 0 Å². The third-order valence-electron chi connectivity index (χ3n) is 4.29. The van der Waals surface area contributed by atoms with Gasteiger partial charge in [0.1, 0.15) is 12.4 Å². The van der Waals surface area contributed by atoms with Crippen LogP contribution >= 0.6 is 45.2 Å². The van der Waals surface area contributed by atoms with Crippen molar-refractivity contribution in [3.8, 4) is 5.75 Å². The molecule has 3 aromatic rings. The van der Waals surface area contributed by atoms with Crippen LogP contribution in [-0.2, 0) is 9.53 Å². The average Bonchev–Trinajstić information content (AvgIpc) is 3.07. The molecule has 0 N–H and O–H groups in total. The van der Waals surface area contributed by atoms with E-state index in [9.17, 15) is 4.79 Å². The molecule has 0 saturated carbocycles. The second-order valence-corrected chi connectivity index (χ2v) is 8.64. The quantitative estimate of drug-likeness (QED) is 0.156. The Hall–Kier alpha value is -2.20. The van der Waals surface area contributed by atoms with Crippen molar-refractivity contribution < 1.29 is 14.3 Å². The highest BCUT2D eigenvalue weighted by atomic mass is 127. The monoisotopic (exact) mass is 607 g/mol. The van der Waals surface area contributed by atoms with Gasteiger partial charge in [-0.05, 0) is 91.9 Å². The molecule has 144 valence electrons. The van der Waals surface area contributed by atoms with Gasteiger partial charge in [0, 0.05) is 5.56 Å². The van der Waals surface area contributed by atoms with Crippen molar-refractivity contribution in [2.24, 2.45) is 4.99 Å². The molecular formula is C23H15I2NO3. The van der Waals surface area contributed by atoms with E-state index in [4.69, 9.17) is 9.47 Å². The molecule has 29 heavy (non-hydrogen) atoms. The van der Waals surface area contributed by atoms with Gasteiger partial charge in [0.15, 0.2) is 5.70 Å². The summed E-state index contributed by atoms with van der Waals surface area (Å²) < 4.78 is 13.0. The van der Waals surface area contributed by atoms with E-state index in [-0.39, 0.29) is 5.70 Å². The third-order valence-corrected chi connectivity index (χ3v) is 5.89. The number of ether oxygens (including phenoxy) is 2. The molecule has 6 heteroatoms. The highest BCUT2D eigenvalue weighted by molar-refractivity contribution is 14.1. The molecule has 0 spiro atoms. The first-order chi connectivity index (χ1) is 14.0. The molecule has 1 aliphatic rings. The Kier molecular flexibility index (Phi) is 6.00. The van der Waals surface area contributed by atoms with E-state index < -0.39 is 5.97 Å². The molecule has 0 unspecified atom stereocenters. The lowest BCUT2D eigenvalue weighted by atomic mass is 10.1. The zero-order valence-corrected chi connectivity index (χ0v) is 19.5. The van der Waals surface area contributed by atoms with Gasteiger partial charge in [-0.3, -0.25) is 0 Å². The zero-order valence-electron chi connectivity index (χ0n) is 15.2. The summed E-state index contributed by atoms with van der Waals surface area (Å²) in [4.78, 5) is 16.8. The summed E-state index contributed by atoms with van der Waals surface area (Å²) in [6.07, 6.45) is 3.44. The van der Waals surface area contributed by atoms with Gasteiger partial charge in [0.25, 0.3) is 0 Å². The van der Waals surface area contributed by atoms with Gasteiger partial charge in [-0.2, -0.15) is 0 Å². The third kappa shape index (κ3) is 4.37. The summed E-state index contributed by atoms with van der Waals surface area (Å²) >= 11 is 4.44. The molecule has 1 heterocycles. The normalized spacial score (nSPS) is 14.8. The number of hydrogen-bond acceptors (Lipinski definition) is 4.